The highest BCUT2D eigenvalue weighted by Gasteiger charge is 2.44. The number of carbonyl (C=O) groups is 1. The number of benzene rings is 2. The van der Waals surface area contributed by atoms with E-state index in [2.05, 4.69) is 24.3 Å². The van der Waals surface area contributed by atoms with Crippen LogP contribution in [0.5, 0.6) is 5.75 Å². The average Bonchev–Trinajstić information content (AvgIpc) is 3.29. The molecular formula is C18H18O2. The number of methoxy groups -OCH3 is 1. The standard InChI is InChI=1S/C18H18O2/c1-20-17-8-7-14(13-19)11-15(17)12-18(9-10-18)16-5-3-2-4-6-16/h2-8,11,13H,9-10,12H2,1H3. The van der Waals surface area contributed by atoms with E-state index in [1.165, 1.54) is 18.4 Å². The Kier molecular flexibility index (Phi) is 3.31. The first-order valence-corrected chi connectivity index (χ1v) is 6.95. The Balaban J connectivity index is 1.93. The fourth-order valence-corrected chi connectivity index (χ4v) is 2.88. The molecule has 1 saturated carbocycles. The topological polar surface area (TPSA) is 26.3 Å². The molecule has 0 radical (unpaired) electrons. The van der Waals surface area contributed by atoms with Gasteiger partial charge in [-0.15, -0.1) is 0 Å². The zero-order valence-electron chi connectivity index (χ0n) is 11.6. The SMILES string of the molecule is COc1ccc(C=O)cc1CC1(c2ccccc2)CC1. The third-order valence-corrected chi connectivity index (χ3v) is 4.21. The first-order valence-electron chi connectivity index (χ1n) is 6.95. The maximum absolute atomic E-state index is 11.0. The van der Waals surface area contributed by atoms with Crippen LogP contribution in [-0.4, -0.2) is 13.4 Å². The maximum atomic E-state index is 11.0. The Morgan fingerprint density at radius 1 is 1.15 bits per heavy atom. The highest BCUT2D eigenvalue weighted by atomic mass is 16.5. The number of hydrogen-bond acceptors (Lipinski definition) is 2. The quantitative estimate of drug-likeness (QED) is 0.770. The van der Waals surface area contributed by atoms with E-state index in [0.29, 0.717) is 5.56 Å². The van der Waals surface area contributed by atoms with Gasteiger partial charge in [-0.2, -0.15) is 0 Å². The van der Waals surface area contributed by atoms with E-state index in [1.54, 1.807) is 13.2 Å². The Morgan fingerprint density at radius 2 is 1.90 bits per heavy atom. The molecule has 0 aliphatic heterocycles. The largest absolute Gasteiger partial charge is 0.496 e. The second-order valence-electron chi connectivity index (χ2n) is 5.51. The summed E-state index contributed by atoms with van der Waals surface area (Å²) in [5.74, 6) is 0.873. The molecule has 20 heavy (non-hydrogen) atoms. The summed E-state index contributed by atoms with van der Waals surface area (Å²) in [6.07, 6.45) is 4.23. The van der Waals surface area contributed by atoms with Gasteiger partial charge in [-0.3, -0.25) is 4.79 Å². The zero-order chi connectivity index (χ0) is 14.0. The van der Waals surface area contributed by atoms with Gasteiger partial charge in [-0.1, -0.05) is 30.3 Å². The lowest BCUT2D eigenvalue weighted by molar-refractivity contribution is 0.112. The molecule has 1 aliphatic carbocycles. The fraction of sp³-hybridized carbons (Fsp3) is 0.278. The lowest BCUT2D eigenvalue weighted by atomic mass is 9.88. The molecule has 102 valence electrons. The van der Waals surface area contributed by atoms with Crippen LogP contribution in [0.15, 0.2) is 48.5 Å². The van der Waals surface area contributed by atoms with Crippen molar-refractivity contribution in [2.45, 2.75) is 24.7 Å². The molecular weight excluding hydrogens is 248 g/mol. The number of ether oxygens (including phenoxy) is 1. The Labute approximate surface area is 119 Å². The first kappa shape index (κ1) is 12.9. The lowest BCUT2D eigenvalue weighted by Gasteiger charge is -2.18. The Bertz CT molecular complexity index is 613. The summed E-state index contributed by atoms with van der Waals surface area (Å²) < 4.78 is 5.44. The van der Waals surface area contributed by atoms with Crippen molar-refractivity contribution in [3.63, 3.8) is 0 Å². The molecule has 0 unspecified atom stereocenters. The normalized spacial score (nSPS) is 15.7. The molecule has 3 rings (SSSR count). The Morgan fingerprint density at radius 3 is 2.50 bits per heavy atom. The molecule has 1 fully saturated rings. The van der Waals surface area contributed by atoms with Gasteiger partial charge >= 0.3 is 0 Å². The van der Waals surface area contributed by atoms with Crippen molar-refractivity contribution in [3.8, 4) is 5.75 Å². The highest BCUT2D eigenvalue weighted by Crippen LogP contribution is 2.51. The van der Waals surface area contributed by atoms with Crippen molar-refractivity contribution in [2.24, 2.45) is 0 Å². The summed E-state index contributed by atoms with van der Waals surface area (Å²) in [6.45, 7) is 0. The van der Waals surface area contributed by atoms with Gasteiger partial charge in [0.2, 0.25) is 0 Å². The van der Waals surface area contributed by atoms with E-state index in [-0.39, 0.29) is 5.41 Å². The minimum absolute atomic E-state index is 0.232. The number of aldehydes is 1. The predicted octanol–water partition coefficient (Wildman–Crippen LogP) is 3.78. The molecule has 0 saturated heterocycles. The van der Waals surface area contributed by atoms with Gasteiger partial charge in [0.15, 0.2) is 0 Å². The summed E-state index contributed by atoms with van der Waals surface area (Å²) in [6, 6.07) is 16.3. The van der Waals surface area contributed by atoms with E-state index in [9.17, 15) is 4.79 Å². The summed E-state index contributed by atoms with van der Waals surface area (Å²) in [4.78, 5) is 11.0. The molecule has 0 heterocycles. The molecule has 0 aromatic heterocycles. The molecule has 0 bridgehead atoms. The van der Waals surface area contributed by atoms with Gasteiger partial charge in [0, 0.05) is 5.56 Å². The van der Waals surface area contributed by atoms with Gasteiger partial charge in [0.05, 0.1) is 7.11 Å². The van der Waals surface area contributed by atoms with Gasteiger partial charge in [0.25, 0.3) is 0 Å². The average molecular weight is 266 g/mol. The van der Waals surface area contributed by atoms with Crippen LogP contribution in [0, 0.1) is 0 Å². The molecule has 0 spiro atoms. The van der Waals surface area contributed by atoms with Crippen molar-refractivity contribution in [2.75, 3.05) is 7.11 Å². The van der Waals surface area contributed by atoms with Crippen LogP contribution in [0.3, 0.4) is 0 Å². The maximum Gasteiger partial charge on any atom is 0.150 e. The number of hydrogen-bond donors (Lipinski definition) is 0. The van der Waals surface area contributed by atoms with E-state index >= 15 is 0 Å². The molecule has 2 nitrogen and oxygen atoms in total. The summed E-state index contributed by atoms with van der Waals surface area (Å²) >= 11 is 0. The van der Waals surface area contributed by atoms with Crippen LogP contribution in [0.4, 0.5) is 0 Å². The number of carbonyl (C=O) groups excluding carboxylic acids is 1. The van der Waals surface area contributed by atoms with Crippen molar-refractivity contribution < 1.29 is 9.53 Å². The Hall–Kier alpha value is -2.09. The van der Waals surface area contributed by atoms with Crippen LogP contribution in [0.25, 0.3) is 0 Å². The molecule has 2 aromatic carbocycles. The predicted molar refractivity (Wildman–Crippen MR) is 79.4 cm³/mol. The van der Waals surface area contributed by atoms with Crippen molar-refractivity contribution in [3.05, 3.63) is 65.2 Å². The van der Waals surface area contributed by atoms with Crippen LogP contribution in [0.2, 0.25) is 0 Å². The highest BCUT2D eigenvalue weighted by molar-refractivity contribution is 5.75. The minimum atomic E-state index is 0.232. The summed E-state index contributed by atoms with van der Waals surface area (Å²) in [5, 5.41) is 0. The van der Waals surface area contributed by atoms with Crippen molar-refractivity contribution >= 4 is 6.29 Å². The van der Waals surface area contributed by atoms with Gasteiger partial charge in [-0.25, -0.2) is 0 Å². The van der Waals surface area contributed by atoms with E-state index < -0.39 is 0 Å². The number of rotatable bonds is 5. The molecule has 0 amide bonds. The van der Waals surface area contributed by atoms with Crippen LogP contribution in [0.1, 0.15) is 34.3 Å². The molecule has 0 N–H and O–H groups in total. The monoisotopic (exact) mass is 266 g/mol. The van der Waals surface area contributed by atoms with E-state index in [4.69, 9.17) is 4.74 Å². The lowest BCUT2D eigenvalue weighted by Crippen LogP contribution is -2.11. The smallest absolute Gasteiger partial charge is 0.150 e. The second kappa shape index (κ2) is 5.12. The molecule has 0 atom stereocenters. The molecule has 2 heteroatoms. The third-order valence-electron chi connectivity index (χ3n) is 4.21. The van der Waals surface area contributed by atoms with Gasteiger partial charge in [0.1, 0.15) is 12.0 Å². The third kappa shape index (κ3) is 2.34. The van der Waals surface area contributed by atoms with Crippen LogP contribution < -0.4 is 4.74 Å². The second-order valence-corrected chi connectivity index (χ2v) is 5.51. The summed E-state index contributed by atoms with van der Waals surface area (Å²) in [7, 11) is 1.68. The fourth-order valence-electron chi connectivity index (χ4n) is 2.88. The molecule has 1 aliphatic rings. The van der Waals surface area contributed by atoms with E-state index in [0.717, 1.165) is 24.0 Å². The van der Waals surface area contributed by atoms with Gasteiger partial charge < -0.3 is 4.74 Å². The first-order chi connectivity index (χ1) is 9.77. The van der Waals surface area contributed by atoms with Crippen LogP contribution >= 0.6 is 0 Å². The van der Waals surface area contributed by atoms with Crippen molar-refractivity contribution in [1.82, 2.24) is 0 Å². The summed E-state index contributed by atoms with van der Waals surface area (Å²) in [5.41, 5.74) is 3.46. The zero-order valence-corrected chi connectivity index (χ0v) is 11.6. The molecule has 2 aromatic rings. The van der Waals surface area contributed by atoms with E-state index in [1.807, 2.05) is 18.2 Å². The van der Waals surface area contributed by atoms with Crippen LogP contribution in [-0.2, 0) is 11.8 Å². The minimum Gasteiger partial charge on any atom is -0.496 e. The van der Waals surface area contributed by atoms with Gasteiger partial charge in [-0.05, 0) is 54.0 Å². The van der Waals surface area contributed by atoms with Crippen molar-refractivity contribution in [1.29, 1.82) is 0 Å².